The highest BCUT2D eigenvalue weighted by Gasteiger charge is 2.37. The van der Waals surface area contributed by atoms with Crippen molar-refractivity contribution in [3.63, 3.8) is 0 Å². The van der Waals surface area contributed by atoms with E-state index in [1.54, 1.807) is 12.1 Å². The number of nitrogens with zero attached hydrogens (tertiary/aromatic N) is 3. The lowest BCUT2D eigenvalue weighted by molar-refractivity contribution is -0.388. The summed E-state index contributed by atoms with van der Waals surface area (Å²) in [4.78, 5) is 16.5. The van der Waals surface area contributed by atoms with E-state index in [-0.39, 0.29) is 22.6 Å². The maximum atomic E-state index is 13.3. The first kappa shape index (κ1) is 21.2. The Morgan fingerprint density at radius 2 is 2.14 bits per heavy atom. The van der Waals surface area contributed by atoms with E-state index in [1.807, 2.05) is 11.8 Å². The highest BCUT2D eigenvalue weighted by molar-refractivity contribution is 6.30. The van der Waals surface area contributed by atoms with Crippen molar-refractivity contribution in [2.75, 3.05) is 11.4 Å². The van der Waals surface area contributed by atoms with Gasteiger partial charge in [-0.05, 0) is 46.7 Å². The van der Waals surface area contributed by atoms with E-state index in [9.17, 15) is 23.3 Å². The number of hydrogen-bond acceptors (Lipinski definition) is 5. The summed E-state index contributed by atoms with van der Waals surface area (Å²) in [5.74, 6) is -0.495. The molecule has 6 nitrogen and oxygen atoms in total. The number of aromatic nitrogens is 1. The van der Waals surface area contributed by atoms with E-state index in [0.717, 1.165) is 6.07 Å². The zero-order valence-electron chi connectivity index (χ0n) is 15.5. The summed E-state index contributed by atoms with van der Waals surface area (Å²) >= 11 is 5.72. The largest absolute Gasteiger partial charge is 0.490 e. The Kier molecular flexibility index (Phi) is 6.16. The van der Waals surface area contributed by atoms with E-state index in [4.69, 9.17) is 16.3 Å². The van der Waals surface area contributed by atoms with Crippen LogP contribution in [-0.4, -0.2) is 28.6 Å². The van der Waals surface area contributed by atoms with Crippen LogP contribution >= 0.6 is 11.6 Å². The van der Waals surface area contributed by atoms with Crippen molar-refractivity contribution in [2.24, 2.45) is 0 Å². The minimum Gasteiger partial charge on any atom is -0.490 e. The van der Waals surface area contributed by atoms with Crippen LogP contribution in [0.15, 0.2) is 36.5 Å². The number of nitro groups is 1. The molecule has 0 N–H and O–H groups in total. The molecule has 1 saturated heterocycles. The minimum atomic E-state index is -4.58. The Morgan fingerprint density at radius 3 is 2.79 bits per heavy atom. The molecule has 2 atom stereocenters. The van der Waals surface area contributed by atoms with Crippen LogP contribution in [-0.2, 0) is 6.18 Å². The average molecular weight is 430 g/mol. The van der Waals surface area contributed by atoms with Gasteiger partial charge in [0.2, 0.25) is 0 Å². The molecule has 1 fully saturated rings. The Morgan fingerprint density at radius 1 is 1.38 bits per heavy atom. The van der Waals surface area contributed by atoms with Crippen molar-refractivity contribution in [3.8, 4) is 5.75 Å². The fourth-order valence-corrected chi connectivity index (χ4v) is 3.76. The van der Waals surface area contributed by atoms with Gasteiger partial charge in [-0.3, -0.25) is 0 Å². The molecule has 0 saturated carbocycles. The first-order chi connectivity index (χ1) is 13.7. The van der Waals surface area contributed by atoms with Gasteiger partial charge in [-0.2, -0.15) is 13.2 Å². The number of rotatable bonds is 5. The zero-order chi connectivity index (χ0) is 21.2. The van der Waals surface area contributed by atoms with Crippen LogP contribution in [0.5, 0.6) is 5.75 Å². The molecule has 1 aromatic heterocycles. The molecule has 3 rings (SSSR count). The highest BCUT2D eigenvalue weighted by Crippen LogP contribution is 2.40. The van der Waals surface area contributed by atoms with Gasteiger partial charge in [-0.25, -0.2) is 0 Å². The molecule has 2 heterocycles. The number of piperidine rings is 1. The number of ether oxygens (including phenoxy) is 1. The molecule has 1 aliphatic rings. The maximum absolute atomic E-state index is 13.3. The second-order valence-corrected chi connectivity index (χ2v) is 7.20. The van der Waals surface area contributed by atoms with Crippen molar-refractivity contribution in [1.82, 2.24) is 4.98 Å². The number of hydrogen-bond donors (Lipinski definition) is 0. The van der Waals surface area contributed by atoms with Crippen molar-refractivity contribution >= 4 is 23.1 Å². The molecular formula is C19H19ClF3N3O3. The van der Waals surface area contributed by atoms with Gasteiger partial charge in [0.05, 0.1) is 5.56 Å². The van der Waals surface area contributed by atoms with E-state index in [1.165, 1.54) is 18.3 Å². The van der Waals surface area contributed by atoms with Gasteiger partial charge in [0.1, 0.15) is 23.7 Å². The topological polar surface area (TPSA) is 68.5 Å². The van der Waals surface area contributed by atoms with E-state index >= 15 is 0 Å². The number of alkyl halides is 3. The molecule has 2 unspecified atom stereocenters. The van der Waals surface area contributed by atoms with Gasteiger partial charge >= 0.3 is 12.0 Å². The van der Waals surface area contributed by atoms with Crippen LogP contribution in [0.2, 0.25) is 5.02 Å². The third kappa shape index (κ3) is 4.72. The monoisotopic (exact) mass is 429 g/mol. The van der Waals surface area contributed by atoms with Gasteiger partial charge in [0.15, 0.2) is 0 Å². The van der Waals surface area contributed by atoms with E-state index < -0.39 is 22.8 Å². The van der Waals surface area contributed by atoms with Gasteiger partial charge in [0.25, 0.3) is 0 Å². The predicted octanol–water partition coefficient (Wildman–Crippen LogP) is 5.49. The fraction of sp³-hybridized carbons (Fsp3) is 0.421. The predicted molar refractivity (Wildman–Crippen MR) is 102 cm³/mol. The quantitative estimate of drug-likeness (QED) is 0.464. The summed E-state index contributed by atoms with van der Waals surface area (Å²) in [5, 5.41) is 11.3. The third-order valence-corrected chi connectivity index (χ3v) is 5.16. The number of pyridine rings is 1. The lowest BCUT2D eigenvalue weighted by Crippen LogP contribution is -2.46. The number of anilines is 1. The summed E-state index contributed by atoms with van der Waals surface area (Å²) < 4.78 is 45.6. The van der Waals surface area contributed by atoms with Crippen LogP contribution in [0.1, 0.15) is 31.7 Å². The van der Waals surface area contributed by atoms with Crippen LogP contribution in [0.25, 0.3) is 0 Å². The second-order valence-electron chi connectivity index (χ2n) is 6.76. The lowest BCUT2D eigenvalue weighted by Gasteiger charge is -2.40. The van der Waals surface area contributed by atoms with Crippen LogP contribution in [0.4, 0.5) is 24.7 Å². The lowest BCUT2D eigenvalue weighted by atomic mass is 9.96. The van der Waals surface area contributed by atoms with E-state index in [0.29, 0.717) is 31.5 Å². The first-order valence-electron chi connectivity index (χ1n) is 9.10. The van der Waals surface area contributed by atoms with Crippen LogP contribution in [0, 0.1) is 10.1 Å². The summed E-state index contributed by atoms with van der Waals surface area (Å²) in [6.45, 7) is 2.33. The zero-order valence-corrected chi connectivity index (χ0v) is 16.3. The summed E-state index contributed by atoms with van der Waals surface area (Å²) in [5.41, 5.74) is -0.506. The second kappa shape index (κ2) is 8.44. The average Bonchev–Trinajstić information content (AvgIpc) is 2.68. The van der Waals surface area contributed by atoms with E-state index in [2.05, 4.69) is 4.98 Å². The Balaban J connectivity index is 1.80. The first-order valence-corrected chi connectivity index (χ1v) is 9.48. The molecular weight excluding hydrogens is 411 g/mol. The molecule has 1 aliphatic heterocycles. The Hall–Kier alpha value is -2.55. The fourth-order valence-electron chi connectivity index (χ4n) is 3.58. The molecule has 1 aromatic carbocycles. The van der Waals surface area contributed by atoms with Crippen LogP contribution in [0.3, 0.4) is 0 Å². The maximum Gasteiger partial charge on any atom is 0.420 e. The molecule has 156 valence electrons. The third-order valence-electron chi connectivity index (χ3n) is 4.93. The normalized spacial score (nSPS) is 19.8. The number of halogens is 4. The molecule has 0 radical (unpaired) electrons. The van der Waals surface area contributed by atoms with Gasteiger partial charge in [-0.1, -0.05) is 18.5 Å². The number of benzene rings is 1. The van der Waals surface area contributed by atoms with Gasteiger partial charge < -0.3 is 19.8 Å². The van der Waals surface area contributed by atoms with Crippen molar-refractivity contribution < 1.29 is 22.8 Å². The van der Waals surface area contributed by atoms with Crippen LogP contribution < -0.4 is 9.64 Å². The summed E-state index contributed by atoms with van der Waals surface area (Å²) in [6, 6.07) is 6.57. The molecule has 10 heteroatoms. The Bertz CT molecular complexity index is 894. The molecule has 0 bridgehead atoms. The molecule has 2 aromatic rings. The smallest absolute Gasteiger partial charge is 0.420 e. The van der Waals surface area contributed by atoms with Crippen molar-refractivity contribution in [2.45, 2.75) is 44.5 Å². The van der Waals surface area contributed by atoms with Crippen molar-refractivity contribution in [1.29, 1.82) is 0 Å². The molecule has 0 amide bonds. The SMILES string of the molecule is CCC1CC(Oc2ccc(Cl)cc2C(F)(F)F)CCN1c1cccnc1[N+](=O)[O-]. The summed E-state index contributed by atoms with van der Waals surface area (Å²) in [6.07, 6.45) is -2.17. The molecule has 0 spiro atoms. The standard InChI is InChI=1S/C19H19ClF3N3O3/c1-2-13-11-14(29-17-6-5-12(20)10-15(17)19(21,22)23)7-9-25(13)16-4-3-8-24-18(16)26(27)28/h3-6,8,10,13-14H,2,7,9,11H2,1H3. The Labute approximate surface area is 170 Å². The van der Waals surface area contributed by atoms with Gasteiger partial charge in [-0.15, -0.1) is 0 Å². The van der Waals surface area contributed by atoms with Gasteiger partial charge in [0, 0.05) is 30.5 Å². The minimum absolute atomic E-state index is 0.0187. The van der Waals surface area contributed by atoms with Crippen molar-refractivity contribution in [3.05, 3.63) is 57.2 Å². The summed E-state index contributed by atoms with van der Waals surface area (Å²) in [7, 11) is 0. The molecule has 29 heavy (non-hydrogen) atoms. The molecule has 0 aliphatic carbocycles. The highest BCUT2D eigenvalue weighted by atomic mass is 35.5.